The smallest absolute Gasteiger partial charge is 0.141 e. The van der Waals surface area contributed by atoms with Gasteiger partial charge in [0, 0.05) is 0 Å². The molecule has 0 radical (unpaired) electrons. The number of rotatable bonds is 3. The SMILES string of the molecule is Cc1ccc(CC(N)c2ncn[nH]2)cc1C. The Bertz CT molecular complexity index is 462. The molecule has 0 bridgehead atoms. The molecule has 3 N–H and O–H groups in total. The molecule has 4 heteroatoms. The Morgan fingerprint density at radius 1 is 1.31 bits per heavy atom. The van der Waals surface area contributed by atoms with Crippen LogP contribution in [0.3, 0.4) is 0 Å². The highest BCUT2D eigenvalue weighted by Gasteiger charge is 2.09. The van der Waals surface area contributed by atoms with E-state index in [1.165, 1.54) is 23.0 Å². The third kappa shape index (κ3) is 2.28. The van der Waals surface area contributed by atoms with Crippen molar-refractivity contribution in [3.05, 3.63) is 47.0 Å². The second kappa shape index (κ2) is 4.45. The van der Waals surface area contributed by atoms with Crippen molar-refractivity contribution in [2.75, 3.05) is 0 Å². The van der Waals surface area contributed by atoms with Gasteiger partial charge in [-0.1, -0.05) is 18.2 Å². The maximum atomic E-state index is 6.03. The minimum atomic E-state index is -0.121. The second-order valence-electron chi connectivity index (χ2n) is 4.10. The molecule has 0 spiro atoms. The van der Waals surface area contributed by atoms with Crippen molar-refractivity contribution in [2.24, 2.45) is 5.73 Å². The molecule has 1 heterocycles. The highest BCUT2D eigenvalue weighted by Crippen LogP contribution is 2.15. The Labute approximate surface area is 94.9 Å². The van der Waals surface area contributed by atoms with Crippen LogP contribution in [-0.4, -0.2) is 15.2 Å². The highest BCUT2D eigenvalue weighted by molar-refractivity contribution is 5.30. The van der Waals surface area contributed by atoms with Crippen molar-refractivity contribution in [3.8, 4) is 0 Å². The summed E-state index contributed by atoms with van der Waals surface area (Å²) in [7, 11) is 0. The fourth-order valence-corrected chi connectivity index (χ4v) is 1.67. The van der Waals surface area contributed by atoms with Crippen molar-refractivity contribution >= 4 is 0 Å². The van der Waals surface area contributed by atoms with E-state index in [1.54, 1.807) is 0 Å². The molecule has 2 aromatic rings. The molecule has 1 aromatic heterocycles. The minimum absolute atomic E-state index is 0.121. The van der Waals surface area contributed by atoms with Gasteiger partial charge in [0.2, 0.25) is 0 Å². The van der Waals surface area contributed by atoms with E-state index in [4.69, 9.17) is 5.73 Å². The molecule has 0 saturated carbocycles. The van der Waals surface area contributed by atoms with Crippen LogP contribution in [0.4, 0.5) is 0 Å². The van der Waals surface area contributed by atoms with Crippen LogP contribution in [-0.2, 0) is 6.42 Å². The summed E-state index contributed by atoms with van der Waals surface area (Å²) < 4.78 is 0. The number of hydrogen-bond acceptors (Lipinski definition) is 3. The summed E-state index contributed by atoms with van der Waals surface area (Å²) >= 11 is 0. The van der Waals surface area contributed by atoms with Gasteiger partial charge in [-0.3, -0.25) is 5.10 Å². The van der Waals surface area contributed by atoms with Crippen LogP contribution in [0, 0.1) is 13.8 Å². The van der Waals surface area contributed by atoms with Crippen LogP contribution < -0.4 is 5.73 Å². The Kier molecular flexibility index (Phi) is 3.01. The normalized spacial score (nSPS) is 12.7. The Hall–Kier alpha value is -1.68. The fourth-order valence-electron chi connectivity index (χ4n) is 1.67. The minimum Gasteiger partial charge on any atom is -0.321 e. The number of aromatic amines is 1. The maximum absolute atomic E-state index is 6.03. The standard InChI is InChI=1S/C12H16N4/c1-8-3-4-10(5-9(8)2)6-11(13)12-14-7-15-16-12/h3-5,7,11H,6,13H2,1-2H3,(H,14,15,16). The molecule has 1 atom stereocenters. The van der Waals surface area contributed by atoms with Gasteiger partial charge in [0.25, 0.3) is 0 Å². The third-order valence-electron chi connectivity index (χ3n) is 2.81. The average molecular weight is 216 g/mol. The van der Waals surface area contributed by atoms with E-state index in [0.29, 0.717) is 0 Å². The third-order valence-corrected chi connectivity index (χ3v) is 2.81. The molecule has 0 fully saturated rings. The summed E-state index contributed by atoms with van der Waals surface area (Å²) in [6.45, 7) is 4.22. The Balaban J connectivity index is 2.12. The first-order valence-electron chi connectivity index (χ1n) is 5.34. The molecular formula is C12H16N4. The summed E-state index contributed by atoms with van der Waals surface area (Å²) in [5.41, 5.74) is 9.85. The van der Waals surface area contributed by atoms with Gasteiger partial charge < -0.3 is 5.73 Å². The molecule has 0 amide bonds. The van der Waals surface area contributed by atoms with Gasteiger partial charge in [0.1, 0.15) is 12.2 Å². The molecule has 1 unspecified atom stereocenters. The van der Waals surface area contributed by atoms with E-state index < -0.39 is 0 Å². The number of benzene rings is 1. The summed E-state index contributed by atoms with van der Waals surface area (Å²) in [6, 6.07) is 6.28. The molecular weight excluding hydrogens is 200 g/mol. The topological polar surface area (TPSA) is 67.6 Å². The number of nitrogens with one attached hydrogen (secondary N) is 1. The van der Waals surface area contributed by atoms with Crippen molar-refractivity contribution in [2.45, 2.75) is 26.3 Å². The second-order valence-corrected chi connectivity index (χ2v) is 4.10. The lowest BCUT2D eigenvalue weighted by Crippen LogP contribution is -2.15. The lowest BCUT2D eigenvalue weighted by molar-refractivity contribution is 0.670. The van der Waals surface area contributed by atoms with E-state index in [1.807, 2.05) is 0 Å². The summed E-state index contributed by atoms with van der Waals surface area (Å²) in [6.07, 6.45) is 2.26. The molecule has 0 aliphatic rings. The Morgan fingerprint density at radius 3 is 2.75 bits per heavy atom. The monoisotopic (exact) mass is 216 g/mol. The molecule has 0 aliphatic heterocycles. The zero-order valence-electron chi connectivity index (χ0n) is 9.57. The van der Waals surface area contributed by atoms with E-state index >= 15 is 0 Å². The van der Waals surface area contributed by atoms with Crippen LogP contribution in [0.5, 0.6) is 0 Å². The van der Waals surface area contributed by atoms with Gasteiger partial charge >= 0.3 is 0 Å². The summed E-state index contributed by atoms with van der Waals surface area (Å²) in [5, 5.41) is 6.60. The molecule has 0 saturated heterocycles. The van der Waals surface area contributed by atoms with Gasteiger partial charge in [-0.05, 0) is 37.0 Å². The van der Waals surface area contributed by atoms with Crippen molar-refractivity contribution in [1.82, 2.24) is 15.2 Å². The molecule has 0 aliphatic carbocycles. The van der Waals surface area contributed by atoms with Crippen LogP contribution in [0.25, 0.3) is 0 Å². The van der Waals surface area contributed by atoms with E-state index in [0.717, 1.165) is 12.2 Å². The van der Waals surface area contributed by atoms with E-state index in [2.05, 4.69) is 47.2 Å². The average Bonchev–Trinajstić information content (AvgIpc) is 2.77. The number of H-pyrrole nitrogens is 1. The number of nitrogens with two attached hydrogens (primary N) is 1. The van der Waals surface area contributed by atoms with Crippen molar-refractivity contribution < 1.29 is 0 Å². The van der Waals surface area contributed by atoms with Crippen LogP contribution >= 0.6 is 0 Å². The van der Waals surface area contributed by atoms with Gasteiger partial charge in [-0.15, -0.1) is 0 Å². The summed E-state index contributed by atoms with van der Waals surface area (Å²) in [5.74, 6) is 0.734. The predicted octanol–water partition coefficient (Wildman–Crippen LogP) is 1.66. The van der Waals surface area contributed by atoms with E-state index in [9.17, 15) is 0 Å². The zero-order valence-corrected chi connectivity index (χ0v) is 9.57. The Morgan fingerprint density at radius 2 is 2.12 bits per heavy atom. The van der Waals surface area contributed by atoms with Gasteiger partial charge in [0.05, 0.1) is 6.04 Å². The van der Waals surface area contributed by atoms with Crippen LogP contribution in [0.1, 0.15) is 28.6 Å². The number of hydrogen-bond donors (Lipinski definition) is 2. The fraction of sp³-hybridized carbons (Fsp3) is 0.333. The van der Waals surface area contributed by atoms with Crippen LogP contribution in [0.2, 0.25) is 0 Å². The molecule has 4 nitrogen and oxygen atoms in total. The molecule has 1 aromatic carbocycles. The zero-order chi connectivity index (χ0) is 11.5. The predicted molar refractivity (Wildman–Crippen MR) is 62.9 cm³/mol. The molecule has 2 rings (SSSR count). The molecule has 16 heavy (non-hydrogen) atoms. The van der Waals surface area contributed by atoms with Crippen LogP contribution in [0.15, 0.2) is 24.5 Å². The maximum Gasteiger partial charge on any atom is 0.141 e. The first-order valence-corrected chi connectivity index (χ1v) is 5.34. The number of aromatic nitrogens is 3. The van der Waals surface area contributed by atoms with Gasteiger partial charge in [0.15, 0.2) is 0 Å². The van der Waals surface area contributed by atoms with Crippen molar-refractivity contribution in [1.29, 1.82) is 0 Å². The lowest BCUT2D eigenvalue weighted by atomic mass is 10.0. The quantitative estimate of drug-likeness (QED) is 0.820. The van der Waals surface area contributed by atoms with E-state index in [-0.39, 0.29) is 6.04 Å². The highest BCUT2D eigenvalue weighted by atomic mass is 15.2. The first kappa shape index (κ1) is 10.8. The summed E-state index contributed by atoms with van der Waals surface area (Å²) in [4.78, 5) is 4.06. The van der Waals surface area contributed by atoms with Crippen molar-refractivity contribution in [3.63, 3.8) is 0 Å². The number of nitrogens with zero attached hydrogens (tertiary/aromatic N) is 2. The van der Waals surface area contributed by atoms with Gasteiger partial charge in [-0.25, -0.2) is 4.98 Å². The largest absolute Gasteiger partial charge is 0.321 e. The molecule has 84 valence electrons. The first-order chi connectivity index (χ1) is 7.66. The number of aryl methyl sites for hydroxylation is 2. The lowest BCUT2D eigenvalue weighted by Gasteiger charge is -2.09. The van der Waals surface area contributed by atoms with Gasteiger partial charge in [-0.2, -0.15) is 5.10 Å².